The molecule has 4 aliphatic rings. The summed E-state index contributed by atoms with van der Waals surface area (Å²) in [6.45, 7) is 0.130. The van der Waals surface area contributed by atoms with Crippen LogP contribution in [0.1, 0.15) is 0 Å². The number of rotatable bonds is 1. The zero-order valence-electron chi connectivity index (χ0n) is 25.3. The molecule has 2 aromatic heterocycles. The van der Waals surface area contributed by atoms with E-state index in [0.29, 0.717) is 0 Å². The van der Waals surface area contributed by atoms with Gasteiger partial charge in [-0.15, -0.1) is 0 Å². The van der Waals surface area contributed by atoms with Crippen molar-refractivity contribution < 1.29 is 0 Å². The summed E-state index contributed by atoms with van der Waals surface area (Å²) in [7, 11) is 0. The van der Waals surface area contributed by atoms with Gasteiger partial charge in [-0.3, -0.25) is 9.47 Å². The van der Waals surface area contributed by atoms with E-state index >= 15 is 0 Å². The second-order valence-corrected chi connectivity index (χ2v) is 13.1. The van der Waals surface area contributed by atoms with Crippen molar-refractivity contribution in [2.24, 2.45) is 0 Å². The van der Waals surface area contributed by atoms with Crippen LogP contribution in [0.5, 0.6) is 0 Å². The predicted octanol–water partition coefficient (Wildman–Crippen LogP) is 5.40. The molecule has 0 saturated carbocycles. The number of pyridine rings is 1. The van der Waals surface area contributed by atoms with Gasteiger partial charge in [-0.25, -0.2) is 4.98 Å². The van der Waals surface area contributed by atoms with Crippen molar-refractivity contribution in [3.63, 3.8) is 0 Å². The SMILES string of the molecule is c1ccc(N2c3ccccc3B3c4ccccc4N4c5ccccc5B5c6c(nc2c3c64)-n2c3ccccc3c3cccc5c32)cc1. The Morgan fingerprint density at radius 1 is 0.426 bits per heavy atom. The van der Waals surface area contributed by atoms with E-state index < -0.39 is 0 Å². The fourth-order valence-electron chi connectivity index (χ4n) is 9.28. The molecule has 214 valence electrons. The quantitative estimate of drug-likeness (QED) is 0.238. The lowest BCUT2D eigenvalue weighted by molar-refractivity contribution is 1.06. The topological polar surface area (TPSA) is 24.3 Å². The molecule has 0 saturated heterocycles. The zero-order chi connectivity index (χ0) is 30.4. The lowest BCUT2D eigenvalue weighted by atomic mass is 9.29. The van der Waals surface area contributed by atoms with E-state index in [1.54, 1.807) is 0 Å². The summed E-state index contributed by atoms with van der Waals surface area (Å²) >= 11 is 0. The second-order valence-electron chi connectivity index (χ2n) is 13.1. The van der Waals surface area contributed by atoms with Crippen LogP contribution in [0.2, 0.25) is 0 Å². The van der Waals surface area contributed by atoms with Gasteiger partial charge in [0.2, 0.25) is 0 Å². The van der Waals surface area contributed by atoms with Crippen LogP contribution >= 0.6 is 0 Å². The van der Waals surface area contributed by atoms with Gasteiger partial charge in [-0.05, 0) is 69.2 Å². The Labute approximate surface area is 272 Å². The maximum atomic E-state index is 5.88. The Hall–Kier alpha value is -6.00. The number of aromatic nitrogens is 2. The van der Waals surface area contributed by atoms with Crippen molar-refractivity contribution in [3.8, 4) is 5.82 Å². The fraction of sp³-hybridized carbons (Fsp3) is 0. The minimum atomic E-state index is 0.0610. The van der Waals surface area contributed by atoms with E-state index in [2.05, 4.69) is 160 Å². The van der Waals surface area contributed by atoms with Crippen LogP contribution in [0.25, 0.3) is 27.6 Å². The standard InChI is InChI=1S/C41H24B2N4/c1-2-13-25(14-3-1)45-33-22-9-5-17-28(33)42-29-18-6-10-23-34(29)46-35-24-11-7-19-30(35)43-31-20-12-16-27-26-15-4-8-21-32(26)47(38(27)31)41-37(43)39(46)36(42)40(45)44-41/h1-24H. The van der Waals surface area contributed by atoms with Crippen molar-refractivity contribution in [2.75, 3.05) is 9.80 Å². The van der Waals surface area contributed by atoms with Crippen LogP contribution in [-0.4, -0.2) is 23.0 Å². The molecule has 6 heterocycles. The normalized spacial score (nSPS) is 14.2. The van der Waals surface area contributed by atoms with Crippen molar-refractivity contribution in [3.05, 3.63) is 146 Å². The van der Waals surface area contributed by atoms with Crippen LogP contribution < -0.4 is 42.6 Å². The highest BCUT2D eigenvalue weighted by atomic mass is 15.3. The highest BCUT2D eigenvalue weighted by Crippen LogP contribution is 2.46. The second kappa shape index (κ2) is 8.42. The average molecular weight is 594 g/mol. The van der Waals surface area contributed by atoms with Gasteiger partial charge in [-0.1, -0.05) is 109 Å². The summed E-state index contributed by atoms with van der Waals surface area (Å²) in [6.07, 6.45) is 0. The van der Waals surface area contributed by atoms with Crippen LogP contribution in [0.15, 0.2) is 146 Å². The summed E-state index contributed by atoms with van der Waals surface area (Å²) in [5, 5.41) is 2.55. The maximum absolute atomic E-state index is 5.88. The number of benzene rings is 6. The summed E-state index contributed by atoms with van der Waals surface area (Å²) < 4.78 is 2.47. The lowest BCUT2D eigenvalue weighted by Gasteiger charge is -2.48. The molecule has 4 nitrogen and oxygen atoms in total. The monoisotopic (exact) mass is 594 g/mol. The van der Waals surface area contributed by atoms with Gasteiger partial charge >= 0.3 is 0 Å². The van der Waals surface area contributed by atoms with E-state index in [1.165, 1.54) is 77.3 Å². The van der Waals surface area contributed by atoms with Crippen molar-refractivity contribution in [2.45, 2.75) is 0 Å². The molecule has 0 N–H and O–H groups in total. The molecule has 12 rings (SSSR count). The van der Waals surface area contributed by atoms with Gasteiger partial charge < -0.3 is 4.90 Å². The molecule has 0 aliphatic carbocycles. The molecule has 4 aliphatic heterocycles. The molecule has 0 spiro atoms. The Balaban J connectivity index is 1.33. The number of hydrogen-bond donors (Lipinski definition) is 0. The molecular weight excluding hydrogens is 570 g/mol. The molecule has 0 unspecified atom stereocenters. The number of para-hydroxylation sites is 6. The average Bonchev–Trinajstić information content (AvgIpc) is 3.48. The highest BCUT2D eigenvalue weighted by molar-refractivity contribution is 7.04. The van der Waals surface area contributed by atoms with Gasteiger partial charge in [0, 0.05) is 39.2 Å². The molecular formula is C41H24B2N4. The first-order valence-corrected chi connectivity index (χ1v) is 16.4. The third-order valence-electron chi connectivity index (χ3n) is 10.9. The smallest absolute Gasteiger partial charge is 0.254 e. The first kappa shape index (κ1) is 24.3. The molecule has 6 aromatic carbocycles. The molecule has 0 fully saturated rings. The van der Waals surface area contributed by atoms with E-state index in [4.69, 9.17) is 4.98 Å². The minimum Gasteiger partial charge on any atom is -0.312 e. The third kappa shape index (κ3) is 2.79. The van der Waals surface area contributed by atoms with E-state index in [-0.39, 0.29) is 13.4 Å². The number of anilines is 6. The van der Waals surface area contributed by atoms with Crippen molar-refractivity contribution in [1.29, 1.82) is 0 Å². The Kier molecular flexibility index (Phi) is 4.35. The predicted molar refractivity (Wildman–Crippen MR) is 197 cm³/mol. The largest absolute Gasteiger partial charge is 0.312 e. The van der Waals surface area contributed by atoms with Crippen LogP contribution in [0.3, 0.4) is 0 Å². The van der Waals surface area contributed by atoms with Gasteiger partial charge in [0.05, 0.1) is 11.0 Å². The van der Waals surface area contributed by atoms with Gasteiger partial charge in [0.15, 0.2) is 0 Å². The lowest BCUT2D eigenvalue weighted by Crippen LogP contribution is -2.68. The molecule has 0 radical (unpaired) electrons. The summed E-state index contributed by atoms with van der Waals surface area (Å²) in [5.74, 6) is 2.04. The van der Waals surface area contributed by atoms with Gasteiger partial charge in [0.1, 0.15) is 11.6 Å². The van der Waals surface area contributed by atoms with Crippen molar-refractivity contribution >= 4 is 102 Å². The minimum absolute atomic E-state index is 0.0610. The zero-order valence-corrected chi connectivity index (χ0v) is 25.3. The van der Waals surface area contributed by atoms with E-state index in [0.717, 1.165) is 17.3 Å². The maximum Gasteiger partial charge on any atom is 0.254 e. The fourth-order valence-corrected chi connectivity index (χ4v) is 9.28. The molecule has 0 amide bonds. The Morgan fingerprint density at radius 2 is 0.957 bits per heavy atom. The third-order valence-corrected chi connectivity index (χ3v) is 10.9. The van der Waals surface area contributed by atoms with Crippen molar-refractivity contribution in [1.82, 2.24) is 9.55 Å². The van der Waals surface area contributed by atoms with Crippen LogP contribution in [-0.2, 0) is 0 Å². The van der Waals surface area contributed by atoms with E-state index in [9.17, 15) is 0 Å². The van der Waals surface area contributed by atoms with E-state index in [1.807, 2.05) is 0 Å². The van der Waals surface area contributed by atoms with Gasteiger partial charge in [0.25, 0.3) is 13.4 Å². The van der Waals surface area contributed by atoms with Crippen LogP contribution in [0.4, 0.5) is 34.3 Å². The molecule has 0 bridgehead atoms. The van der Waals surface area contributed by atoms with Crippen LogP contribution in [0, 0.1) is 0 Å². The highest BCUT2D eigenvalue weighted by Gasteiger charge is 2.51. The Bertz CT molecular complexity index is 2670. The summed E-state index contributed by atoms with van der Waals surface area (Å²) in [5.41, 5.74) is 16.5. The first-order valence-electron chi connectivity index (χ1n) is 16.4. The summed E-state index contributed by atoms with van der Waals surface area (Å²) in [4.78, 5) is 10.8. The summed E-state index contributed by atoms with van der Waals surface area (Å²) in [6, 6.07) is 53.5. The number of fused-ring (bicyclic) bond motifs is 13. The molecule has 0 atom stereocenters. The number of hydrogen-bond acceptors (Lipinski definition) is 3. The van der Waals surface area contributed by atoms with Gasteiger partial charge in [-0.2, -0.15) is 0 Å². The first-order chi connectivity index (χ1) is 23.4. The Morgan fingerprint density at radius 3 is 1.68 bits per heavy atom. The molecule has 47 heavy (non-hydrogen) atoms. The molecule has 8 aromatic rings. The number of nitrogens with zero attached hydrogens (tertiary/aromatic N) is 4. The molecule has 6 heteroatoms.